The molecule has 2 heterocycles. The van der Waals surface area contributed by atoms with E-state index in [0.717, 1.165) is 19.4 Å². The number of hydrogen-bond acceptors (Lipinski definition) is 5. The lowest BCUT2D eigenvalue weighted by Gasteiger charge is -2.20. The van der Waals surface area contributed by atoms with E-state index in [1.807, 2.05) is 6.92 Å². The summed E-state index contributed by atoms with van der Waals surface area (Å²) in [6, 6.07) is 1.51. The SMILES string of the molecule is Cc1cc(C(=O)O)nc(NC(C)C2CCCO2)n1. The Morgan fingerprint density at radius 3 is 3.00 bits per heavy atom. The summed E-state index contributed by atoms with van der Waals surface area (Å²) in [6.45, 7) is 4.52. The van der Waals surface area contributed by atoms with Gasteiger partial charge < -0.3 is 15.2 Å². The van der Waals surface area contributed by atoms with Gasteiger partial charge in [0.2, 0.25) is 5.95 Å². The molecule has 1 aliphatic rings. The number of nitrogens with one attached hydrogen (secondary N) is 1. The summed E-state index contributed by atoms with van der Waals surface area (Å²) in [5.41, 5.74) is 0.633. The van der Waals surface area contributed by atoms with Crippen molar-refractivity contribution in [2.24, 2.45) is 0 Å². The topological polar surface area (TPSA) is 84.3 Å². The van der Waals surface area contributed by atoms with Crippen LogP contribution in [0.2, 0.25) is 0 Å². The first-order chi connectivity index (χ1) is 8.56. The highest BCUT2D eigenvalue weighted by Gasteiger charge is 2.23. The predicted octanol–water partition coefficient (Wildman–Crippen LogP) is 1.46. The van der Waals surface area contributed by atoms with Crippen molar-refractivity contribution in [2.75, 3.05) is 11.9 Å². The number of nitrogens with zero attached hydrogens (tertiary/aromatic N) is 2. The number of carboxylic acid groups (broad SMARTS) is 1. The van der Waals surface area contributed by atoms with Crippen molar-refractivity contribution < 1.29 is 14.6 Å². The molecular weight excluding hydrogens is 234 g/mol. The zero-order valence-electron chi connectivity index (χ0n) is 10.5. The molecule has 2 atom stereocenters. The number of anilines is 1. The van der Waals surface area contributed by atoms with E-state index in [1.54, 1.807) is 6.92 Å². The second-order valence-electron chi connectivity index (χ2n) is 4.51. The molecule has 0 bridgehead atoms. The molecule has 1 aliphatic heterocycles. The number of rotatable bonds is 4. The Labute approximate surface area is 105 Å². The van der Waals surface area contributed by atoms with Crippen LogP contribution in [0.1, 0.15) is 35.9 Å². The minimum atomic E-state index is -1.05. The van der Waals surface area contributed by atoms with Crippen molar-refractivity contribution in [1.29, 1.82) is 0 Å². The van der Waals surface area contributed by atoms with Crippen LogP contribution in [0, 0.1) is 6.92 Å². The largest absolute Gasteiger partial charge is 0.477 e. The lowest BCUT2D eigenvalue weighted by atomic mass is 10.1. The summed E-state index contributed by atoms with van der Waals surface area (Å²) in [5.74, 6) is -0.705. The molecule has 1 aromatic heterocycles. The zero-order valence-corrected chi connectivity index (χ0v) is 10.5. The maximum atomic E-state index is 10.9. The maximum Gasteiger partial charge on any atom is 0.354 e. The van der Waals surface area contributed by atoms with Crippen LogP contribution < -0.4 is 5.32 Å². The van der Waals surface area contributed by atoms with Crippen LogP contribution >= 0.6 is 0 Å². The number of ether oxygens (including phenoxy) is 1. The molecule has 2 N–H and O–H groups in total. The molecule has 98 valence electrons. The molecule has 0 radical (unpaired) electrons. The number of aromatic nitrogens is 2. The molecule has 6 heteroatoms. The Hall–Kier alpha value is -1.69. The zero-order chi connectivity index (χ0) is 13.1. The first kappa shape index (κ1) is 12.8. The van der Waals surface area contributed by atoms with Gasteiger partial charge in [0.15, 0.2) is 5.69 Å². The van der Waals surface area contributed by atoms with Gasteiger partial charge in [0.25, 0.3) is 0 Å². The molecule has 1 fully saturated rings. The summed E-state index contributed by atoms with van der Waals surface area (Å²) in [5, 5.41) is 12.0. The smallest absolute Gasteiger partial charge is 0.354 e. The standard InChI is InChI=1S/C12H17N3O3/c1-7-6-9(11(16)17)15-12(13-7)14-8(2)10-4-3-5-18-10/h6,8,10H,3-5H2,1-2H3,(H,16,17)(H,13,14,15). The summed E-state index contributed by atoms with van der Waals surface area (Å²) in [7, 11) is 0. The number of carbonyl (C=O) groups is 1. The fourth-order valence-corrected chi connectivity index (χ4v) is 2.04. The molecule has 0 saturated carbocycles. The van der Waals surface area contributed by atoms with Crippen molar-refractivity contribution in [3.05, 3.63) is 17.5 Å². The Morgan fingerprint density at radius 1 is 1.61 bits per heavy atom. The summed E-state index contributed by atoms with van der Waals surface area (Å²) >= 11 is 0. The minimum absolute atomic E-state index is 0.00420. The van der Waals surface area contributed by atoms with E-state index in [1.165, 1.54) is 6.07 Å². The van der Waals surface area contributed by atoms with Gasteiger partial charge in [-0.15, -0.1) is 0 Å². The Balaban J connectivity index is 2.10. The molecule has 1 saturated heterocycles. The first-order valence-electron chi connectivity index (χ1n) is 6.03. The Kier molecular flexibility index (Phi) is 3.76. The van der Waals surface area contributed by atoms with E-state index in [9.17, 15) is 4.79 Å². The molecule has 0 aliphatic carbocycles. The molecule has 6 nitrogen and oxygen atoms in total. The summed E-state index contributed by atoms with van der Waals surface area (Å²) in [6.07, 6.45) is 2.21. The number of hydrogen-bond donors (Lipinski definition) is 2. The highest BCUT2D eigenvalue weighted by molar-refractivity contribution is 5.85. The van der Waals surface area contributed by atoms with Crippen LogP contribution in [0.3, 0.4) is 0 Å². The van der Waals surface area contributed by atoms with Crippen molar-refractivity contribution in [3.63, 3.8) is 0 Å². The number of aryl methyl sites for hydroxylation is 1. The number of aromatic carboxylic acids is 1. The van der Waals surface area contributed by atoms with Gasteiger partial charge in [-0.2, -0.15) is 0 Å². The third kappa shape index (κ3) is 2.95. The predicted molar refractivity (Wildman–Crippen MR) is 65.8 cm³/mol. The fourth-order valence-electron chi connectivity index (χ4n) is 2.04. The van der Waals surface area contributed by atoms with E-state index >= 15 is 0 Å². The van der Waals surface area contributed by atoms with E-state index in [4.69, 9.17) is 9.84 Å². The van der Waals surface area contributed by atoms with Crippen LogP contribution in [0.4, 0.5) is 5.95 Å². The van der Waals surface area contributed by atoms with Gasteiger partial charge in [-0.05, 0) is 32.8 Å². The van der Waals surface area contributed by atoms with Gasteiger partial charge in [0, 0.05) is 12.3 Å². The molecule has 0 spiro atoms. The quantitative estimate of drug-likeness (QED) is 0.842. The summed E-state index contributed by atoms with van der Waals surface area (Å²) in [4.78, 5) is 19.1. The second-order valence-corrected chi connectivity index (χ2v) is 4.51. The number of carboxylic acids is 1. The minimum Gasteiger partial charge on any atom is -0.477 e. The van der Waals surface area contributed by atoms with E-state index < -0.39 is 5.97 Å². The monoisotopic (exact) mass is 251 g/mol. The molecule has 2 unspecified atom stereocenters. The van der Waals surface area contributed by atoms with Gasteiger partial charge in [-0.1, -0.05) is 0 Å². The molecular formula is C12H17N3O3. The highest BCUT2D eigenvalue weighted by atomic mass is 16.5. The van der Waals surface area contributed by atoms with Crippen LogP contribution in [-0.4, -0.2) is 39.8 Å². The van der Waals surface area contributed by atoms with Crippen LogP contribution in [0.5, 0.6) is 0 Å². The Bertz CT molecular complexity index is 444. The second kappa shape index (κ2) is 5.30. The molecule has 2 rings (SSSR count). The summed E-state index contributed by atoms with van der Waals surface area (Å²) < 4.78 is 5.56. The van der Waals surface area contributed by atoms with Gasteiger partial charge in [0.1, 0.15) is 0 Å². The third-order valence-electron chi connectivity index (χ3n) is 2.95. The van der Waals surface area contributed by atoms with Crippen molar-refractivity contribution >= 4 is 11.9 Å². The molecule has 18 heavy (non-hydrogen) atoms. The van der Waals surface area contributed by atoms with Crippen LogP contribution in [0.25, 0.3) is 0 Å². The fraction of sp³-hybridized carbons (Fsp3) is 0.583. The van der Waals surface area contributed by atoms with Crippen molar-refractivity contribution in [1.82, 2.24) is 9.97 Å². The molecule has 0 amide bonds. The third-order valence-corrected chi connectivity index (χ3v) is 2.95. The van der Waals surface area contributed by atoms with Gasteiger partial charge >= 0.3 is 5.97 Å². The maximum absolute atomic E-state index is 10.9. The average Bonchev–Trinajstić information content (AvgIpc) is 2.81. The molecule has 0 aromatic carbocycles. The van der Waals surface area contributed by atoms with E-state index in [-0.39, 0.29) is 17.8 Å². The molecule has 1 aromatic rings. The highest BCUT2D eigenvalue weighted by Crippen LogP contribution is 2.18. The van der Waals surface area contributed by atoms with Crippen molar-refractivity contribution in [3.8, 4) is 0 Å². The van der Waals surface area contributed by atoms with Gasteiger partial charge in [-0.3, -0.25) is 0 Å². The Morgan fingerprint density at radius 2 is 2.39 bits per heavy atom. The van der Waals surface area contributed by atoms with Crippen molar-refractivity contribution in [2.45, 2.75) is 38.8 Å². The van der Waals surface area contributed by atoms with Gasteiger partial charge in [0.05, 0.1) is 12.1 Å². The van der Waals surface area contributed by atoms with Crippen LogP contribution in [-0.2, 0) is 4.74 Å². The lowest BCUT2D eigenvalue weighted by Crippen LogP contribution is -2.31. The van der Waals surface area contributed by atoms with E-state index in [2.05, 4.69) is 15.3 Å². The first-order valence-corrected chi connectivity index (χ1v) is 6.03. The normalized spacial score (nSPS) is 20.7. The van der Waals surface area contributed by atoms with E-state index in [0.29, 0.717) is 11.6 Å². The lowest BCUT2D eigenvalue weighted by molar-refractivity contribution is 0.0690. The average molecular weight is 251 g/mol. The van der Waals surface area contributed by atoms with Gasteiger partial charge in [-0.25, -0.2) is 14.8 Å². The van der Waals surface area contributed by atoms with Crippen LogP contribution in [0.15, 0.2) is 6.07 Å².